The molecule has 6 heteroatoms. The third-order valence-electron chi connectivity index (χ3n) is 5.36. The molecule has 0 saturated heterocycles. The van der Waals surface area contributed by atoms with E-state index in [1.807, 2.05) is 12.1 Å². The number of rotatable bonds is 3. The highest BCUT2D eigenvalue weighted by Gasteiger charge is 2.43. The van der Waals surface area contributed by atoms with Crippen molar-refractivity contribution < 1.29 is 18.7 Å². The minimum atomic E-state index is -0.293. The number of methoxy groups -OCH3 is 2. The third kappa shape index (κ3) is 2.85. The van der Waals surface area contributed by atoms with Gasteiger partial charge in [-0.2, -0.15) is 5.10 Å². The smallest absolute Gasteiger partial charge is 0.240 e. The molecule has 1 amide bonds. The van der Waals surface area contributed by atoms with Crippen LogP contribution in [0.25, 0.3) is 0 Å². The van der Waals surface area contributed by atoms with Crippen molar-refractivity contribution in [3.05, 3.63) is 58.9 Å². The number of hydrogen-bond acceptors (Lipinski definition) is 4. The summed E-state index contributed by atoms with van der Waals surface area (Å²) in [5, 5.41) is 6.20. The lowest BCUT2D eigenvalue weighted by molar-refractivity contribution is -0.131. The van der Waals surface area contributed by atoms with Crippen LogP contribution in [0.2, 0.25) is 0 Å². The van der Waals surface area contributed by atoms with Crippen LogP contribution in [0.5, 0.6) is 11.5 Å². The fourth-order valence-corrected chi connectivity index (χ4v) is 4.10. The van der Waals surface area contributed by atoms with Crippen molar-refractivity contribution >= 4 is 11.6 Å². The molecular weight excluding hydrogens is 347 g/mol. The maximum absolute atomic E-state index is 13.4. The summed E-state index contributed by atoms with van der Waals surface area (Å²) in [5.41, 5.74) is 3.88. The van der Waals surface area contributed by atoms with Crippen molar-refractivity contribution in [1.82, 2.24) is 5.01 Å². The molecule has 27 heavy (non-hydrogen) atoms. The van der Waals surface area contributed by atoms with E-state index in [0.717, 1.165) is 35.2 Å². The highest BCUT2D eigenvalue weighted by atomic mass is 19.1. The lowest BCUT2D eigenvalue weighted by Crippen LogP contribution is -2.31. The van der Waals surface area contributed by atoms with Gasteiger partial charge in [0, 0.05) is 18.4 Å². The Kier molecular flexibility index (Phi) is 4.34. The lowest BCUT2D eigenvalue weighted by atomic mass is 9.77. The van der Waals surface area contributed by atoms with Gasteiger partial charge in [-0.05, 0) is 48.2 Å². The number of halogens is 1. The predicted molar refractivity (Wildman–Crippen MR) is 99.6 cm³/mol. The highest BCUT2D eigenvalue weighted by Crippen LogP contribution is 2.45. The van der Waals surface area contributed by atoms with E-state index in [0.29, 0.717) is 11.5 Å². The molecule has 4 rings (SSSR count). The van der Waals surface area contributed by atoms with E-state index in [4.69, 9.17) is 9.47 Å². The molecule has 1 heterocycles. The van der Waals surface area contributed by atoms with Crippen LogP contribution in [0.1, 0.15) is 36.1 Å². The lowest BCUT2D eigenvalue weighted by Gasteiger charge is -2.29. The number of amides is 1. The van der Waals surface area contributed by atoms with Crippen LogP contribution < -0.4 is 9.47 Å². The highest BCUT2D eigenvalue weighted by molar-refractivity contribution is 6.07. The minimum Gasteiger partial charge on any atom is -0.493 e. The van der Waals surface area contributed by atoms with Gasteiger partial charge < -0.3 is 9.47 Å². The Morgan fingerprint density at radius 3 is 2.44 bits per heavy atom. The van der Waals surface area contributed by atoms with E-state index in [2.05, 4.69) is 5.10 Å². The Labute approximate surface area is 157 Å². The first-order chi connectivity index (χ1) is 13.0. The van der Waals surface area contributed by atoms with Gasteiger partial charge in [0.15, 0.2) is 11.5 Å². The first kappa shape index (κ1) is 17.5. The first-order valence-electron chi connectivity index (χ1n) is 8.92. The number of aryl methyl sites for hydroxylation is 1. The van der Waals surface area contributed by atoms with E-state index in [-0.39, 0.29) is 23.7 Å². The normalized spacial score (nSPS) is 20.6. The van der Waals surface area contributed by atoms with E-state index in [9.17, 15) is 9.18 Å². The summed E-state index contributed by atoms with van der Waals surface area (Å²) in [6.07, 6.45) is 1.70. The summed E-state index contributed by atoms with van der Waals surface area (Å²) >= 11 is 0. The molecule has 0 saturated carbocycles. The van der Waals surface area contributed by atoms with Gasteiger partial charge in [0.05, 0.1) is 26.0 Å². The number of hydrogen-bond donors (Lipinski definition) is 0. The topological polar surface area (TPSA) is 51.1 Å². The quantitative estimate of drug-likeness (QED) is 0.830. The monoisotopic (exact) mass is 368 g/mol. The van der Waals surface area contributed by atoms with E-state index in [1.54, 1.807) is 26.4 Å². The molecule has 0 spiro atoms. The second-order valence-electron chi connectivity index (χ2n) is 6.85. The minimum absolute atomic E-state index is 0.0602. The molecule has 0 aromatic heterocycles. The van der Waals surface area contributed by atoms with Gasteiger partial charge in [0.1, 0.15) is 5.82 Å². The molecule has 1 aliphatic heterocycles. The standard InChI is InChI=1S/C21H21FN2O3/c1-12(25)24-21(13-4-7-15(22)8-5-13)16-9-6-14-10-18(26-2)19(27-3)11-17(14)20(16)23-24/h4-5,7-8,10-11,16,21H,6,9H2,1-3H3/t16-,21+/m1/s1. The Morgan fingerprint density at radius 2 is 1.81 bits per heavy atom. The molecule has 2 aromatic carbocycles. The largest absolute Gasteiger partial charge is 0.493 e. The summed E-state index contributed by atoms with van der Waals surface area (Å²) in [4.78, 5) is 12.3. The molecule has 1 aliphatic carbocycles. The number of carbonyl (C=O) groups is 1. The molecule has 0 N–H and O–H groups in total. The molecule has 2 aromatic rings. The van der Waals surface area contributed by atoms with Crippen molar-refractivity contribution in [3.8, 4) is 11.5 Å². The Balaban J connectivity index is 1.81. The molecular formula is C21H21FN2O3. The van der Waals surface area contributed by atoms with Crippen LogP contribution in [0.15, 0.2) is 41.5 Å². The molecule has 0 bridgehead atoms. The second-order valence-corrected chi connectivity index (χ2v) is 6.85. The van der Waals surface area contributed by atoms with Gasteiger partial charge in [-0.3, -0.25) is 4.79 Å². The average Bonchev–Trinajstić information content (AvgIpc) is 3.07. The summed E-state index contributed by atoms with van der Waals surface area (Å²) in [6, 6.07) is 10.0. The number of fused-ring (bicyclic) bond motifs is 3. The van der Waals surface area contributed by atoms with E-state index < -0.39 is 0 Å². The van der Waals surface area contributed by atoms with Crippen molar-refractivity contribution in [1.29, 1.82) is 0 Å². The van der Waals surface area contributed by atoms with Crippen LogP contribution in [-0.2, 0) is 11.2 Å². The molecule has 0 unspecified atom stereocenters. The summed E-state index contributed by atoms with van der Waals surface area (Å²) in [7, 11) is 3.22. The molecule has 0 fully saturated rings. The van der Waals surface area contributed by atoms with Crippen molar-refractivity contribution in [2.45, 2.75) is 25.8 Å². The Bertz CT molecular complexity index is 924. The maximum atomic E-state index is 13.4. The van der Waals surface area contributed by atoms with Crippen LogP contribution in [0.3, 0.4) is 0 Å². The molecule has 0 radical (unpaired) electrons. The maximum Gasteiger partial charge on any atom is 0.240 e. The average molecular weight is 368 g/mol. The van der Waals surface area contributed by atoms with Crippen LogP contribution in [-0.4, -0.2) is 30.8 Å². The summed E-state index contributed by atoms with van der Waals surface area (Å²) in [5.74, 6) is 0.960. The Morgan fingerprint density at radius 1 is 1.15 bits per heavy atom. The number of benzene rings is 2. The number of hydrazone groups is 1. The second kappa shape index (κ2) is 6.68. The number of carbonyl (C=O) groups excluding carboxylic acids is 1. The van der Waals surface area contributed by atoms with Crippen LogP contribution in [0.4, 0.5) is 4.39 Å². The van der Waals surface area contributed by atoms with E-state index in [1.165, 1.54) is 24.1 Å². The molecule has 140 valence electrons. The number of nitrogens with zero attached hydrogens (tertiary/aromatic N) is 2. The Hall–Kier alpha value is -2.89. The SMILES string of the molecule is COc1cc2c(cc1OC)C1=NN(C(C)=O)[C@@H](c3ccc(F)cc3)[C@@H]1CC2. The van der Waals surface area contributed by atoms with Gasteiger partial charge in [0.2, 0.25) is 5.91 Å². The zero-order chi connectivity index (χ0) is 19.1. The van der Waals surface area contributed by atoms with Gasteiger partial charge in [-0.15, -0.1) is 0 Å². The first-order valence-corrected chi connectivity index (χ1v) is 8.92. The van der Waals surface area contributed by atoms with Gasteiger partial charge in [-0.25, -0.2) is 9.40 Å². The van der Waals surface area contributed by atoms with E-state index >= 15 is 0 Å². The molecule has 2 atom stereocenters. The van der Waals surface area contributed by atoms with Crippen molar-refractivity contribution in [2.24, 2.45) is 11.0 Å². The molecule has 2 aliphatic rings. The number of ether oxygens (including phenoxy) is 2. The van der Waals surface area contributed by atoms with Gasteiger partial charge in [-0.1, -0.05) is 12.1 Å². The summed E-state index contributed by atoms with van der Waals surface area (Å²) < 4.78 is 24.2. The fourth-order valence-electron chi connectivity index (χ4n) is 4.10. The molecule has 5 nitrogen and oxygen atoms in total. The fraction of sp³-hybridized carbons (Fsp3) is 0.333. The van der Waals surface area contributed by atoms with Crippen molar-refractivity contribution in [2.75, 3.05) is 14.2 Å². The third-order valence-corrected chi connectivity index (χ3v) is 5.36. The van der Waals surface area contributed by atoms with Gasteiger partial charge >= 0.3 is 0 Å². The zero-order valence-electron chi connectivity index (χ0n) is 15.5. The summed E-state index contributed by atoms with van der Waals surface area (Å²) in [6.45, 7) is 1.51. The van der Waals surface area contributed by atoms with Crippen molar-refractivity contribution in [3.63, 3.8) is 0 Å². The van der Waals surface area contributed by atoms with Crippen LogP contribution >= 0.6 is 0 Å². The zero-order valence-corrected chi connectivity index (χ0v) is 15.5. The predicted octanol–water partition coefficient (Wildman–Crippen LogP) is 3.71. The van der Waals surface area contributed by atoms with Gasteiger partial charge in [0.25, 0.3) is 0 Å². The van der Waals surface area contributed by atoms with Crippen LogP contribution in [0, 0.1) is 11.7 Å².